The number of hydrogen-bond acceptors (Lipinski definition) is 5. The summed E-state index contributed by atoms with van der Waals surface area (Å²) in [7, 11) is -3.97. The van der Waals surface area contributed by atoms with Crippen LogP contribution in [0.15, 0.2) is 42.5 Å². The number of ether oxygens (including phenoxy) is 1. The average Bonchev–Trinajstić information content (AvgIpc) is 2.89. The molecule has 2 unspecified atom stereocenters. The average molecular weight is 370 g/mol. The first kappa shape index (κ1) is 18.0. The number of hydrogen-bond donors (Lipinski definition) is 1. The molecule has 0 radical (unpaired) electrons. The molecule has 134 valence electrons. The Bertz CT molecular complexity index is 1010. The summed E-state index contributed by atoms with van der Waals surface area (Å²) in [5.41, 5.74) is 1.68. The summed E-state index contributed by atoms with van der Waals surface area (Å²) in [5.74, 6) is -0.641. The molecule has 2 atom stereocenters. The van der Waals surface area contributed by atoms with Crippen LogP contribution in [0.2, 0.25) is 0 Å². The van der Waals surface area contributed by atoms with E-state index in [0.717, 1.165) is 5.56 Å². The van der Waals surface area contributed by atoms with E-state index in [1.54, 1.807) is 24.3 Å². The third-order valence-electron chi connectivity index (χ3n) is 4.52. The van der Waals surface area contributed by atoms with Crippen molar-refractivity contribution in [3.8, 4) is 11.8 Å². The van der Waals surface area contributed by atoms with Gasteiger partial charge in [-0.3, -0.25) is 4.79 Å². The molecular formula is C19H18N2O4S. The van der Waals surface area contributed by atoms with Gasteiger partial charge in [-0.05, 0) is 24.6 Å². The summed E-state index contributed by atoms with van der Waals surface area (Å²) >= 11 is 0. The lowest BCUT2D eigenvalue weighted by Gasteiger charge is -2.11. The van der Waals surface area contributed by atoms with Crippen molar-refractivity contribution in [3.63, 3.8) is 0 Å². The Morgan fingerprint density at radius 3 is 2.65 bits per heavy atom. The quantitative estimate of drug-likeness (QED) is 0.893. The number of rotatable bonds is 4. The predicted molar refractivity (Wildman–Crippen MR) is 96.2 cm³/mol. The van der Waals surface area contributed by atoms with Crippen LogP contribution >= 0.6 is 0 Å². The van der Waals surface area contributed by atoms with Crippen LogP contribution in [-0.4, -0.2) is 20.4 Å². The van der Waals surface area contributed by atoms with Gasteiger partial charge >= 0.3 is 0 Å². The standard InChI is InChI=1S/C19H18N2O4S/c1-12-13(2)25-18-16(12)8-5-9-17(18)19(22)21-26(23,24)11-15-7-4-3-6-14(15)10-20/h3-9,12-13H,11H2,1-2H3,(H,21,22). The molecule has 7 heteroatoms. The number of carbonyl (C=O) groups excluding carboxylic acids is 1. The highest BCUT2D eigenvalue weighted by Gasteiger charge is 2.32. The van der Waals surface area contributed by atoms with Gasteiger partial charge in [0.15, 0.2) is 0 Å². The molecule has 1 amide bonds. The first-order chi connectivity index (χ1) is 12.3. The summed E-state index contributed by atoms with van der Waals surface area (Å²) in [5, 5.41) is 9.08. The molecule has 2 aromatic rings. The number of carbonyl (C=O) groups is 1. The highest BCUT2D eigenvalue weighted by Crippen LogP contribution is 2.40. The maximum absolute atomic E-state index is 12.5. The molecule has 0 aliphatic carbocycles. The topological polar surface area (TPSA) is 96.3 Å². The van der Waals surface area contributed by atoms with Gasteiger partial charge in [-0.25, -0.2) is 13.1 Å². The van der Waals surface area contributed by atoms with E-state index >= 15 is 0 Å². The third-order valence-corrected chi connectivity index (χ3v) is 5.71. The Hall–Kier alpha value is -2.85. The van der Waals surface area contributed by atoms with E-state index in [-0.39, 0.29) is 23.1 Å². The maximum Gasteiger partial charge on any atom is 0.268 e. The van der Waals surface area contributed by atoms with Gasteiger partial charge in [0, 0.05) is 11.5 Å². The van der Waals surface area contributed by atoms with Crippen LogP contribution in [0.1, 0.15) is 46.8 Å². The Morgan fingerprint density at radius 1 is 1.19 bits per heavy atom. The molecule has 0 bridgehead atoms. The summed E-state index contributed by atoms with van der Waals surface area (Å²) in [6, 6.07) is 13.5. The minimum absolute atomic E-state index is 0.0851. The largest absolute Gasteiger partial charge is 0.489 e. The molecule has 0 saturated heterocycles. The van der Waals surface area contributed by atoms with Gasteiger partial charge in [-0.2, -0.15) is 5.26 Å². The van der Waals surface area contributed by atoms with Gasteiger partial charge in [0.25, 0.3) is 5.91 Å². The van der Waals surface area contributed by atoms with Gasteiger partial charge in [-0.15, -0.1) is 0 Å². The molecule has 3 rings (SSSR count). The molecule has 1 aliphatic rings. The minimum Gasteiger partial charge on any atom is -0.489 e. The van der Waals surface area contributed by atoms with E-state index in [1.165, 1.54) is 12.1 Å². The monoisotopic (exact) mass is 370 g/mol. The number of nitrogens with zero attached hydrogens (tertiary/aromatic N) is 1. The zero-order valence-electron chi connectivity index (χ0n) is 14.4. The highest BCUT2D eigenvalue weighted by molar-refractivity contribution is 7.89. The summed E-state index contributed by atoms with van der Waals surface area (Å²) in [6.07, 6.45) is -0.0851. The second-order valence-corrected chi connectivity index (χ2v) is 8.02. The molecular weight excluding hydrogens is 352 g/mol. The molecule has 26 heavy (non-hydrogen) atoms. The van der Waals surface area contributed by atoms with Crippen molar-refractivity contribution < 1.29 is 17.9 Å². The number of nitrogens with one attached hydrogen (secondary N) is 1. The molecule has 0 saturated carbocycles. The van der Waals surface area contributed by atoms with E-state index in [0.29, 0.717) is 11.3 Å². The number of para-hydroxylation sites is 1. The molecule has 6 nitrogen and oxygen atoms in total. The number of nitriles is 1. The summed E-state index contributed by atoms with van der Waals surface area (Å²) < 4.78 is 32.6. The third kappa shape index (κ3) is 3.41. The van der Waals surface area contributed by atoms with Crippen molar-refractivity contribution in [2.75, 3.05) is 0 Å². The number of amides is 1. The van der Waals surface area contributed by atoms with Crippen LogP contribution in [0, 0.1) is 11.3 Å². The van der Waals surface area contributed by atoms with E-state index in [9.17, 15) is 13.2 Å². The zero-order chi connectivity index (χ0) is 18.9. The Kier molecular flexibility index (Phi) is 4.70. The van der Waals surface area contributed by atoms with Gasteiger partial charge in [0.1, 0.15) is 11.9 Å². The molecule has 0 aromatic heterocycles. The SMILES string of the molecule is CC1Oc2c(C(=O)NS(=O)(=O)Cc3ccccc3C#N)cccc2C1C. The van der Waals surface area contributed by atoms with Crippen molar-refractivity contribution in [1.82, 2.24) is 4.72 Å². The van der Waals surface area contributed by atoms with Crippen LogP contribution < -0.4 is 9.46 Å². The van der Waals surface area contributed by atoms with E-state index < -0.39 is 21.7 Å². The Labute approximate surface area is 152 Å². The summed E-state index contributed by atoms with van der Waals surface area (Å²) in [4.78, 5) is 12.5. The normalized spacial score (nSPS) is 18.5. The molecule has 0 spiro atoms. The van der Waals surface area contributed by atoms with Gasteiger partial charge in [0.2, 0.25) is 10.0 Å². The minimum atomic E-state index is -3.97. The van der Waals surface area contributed by atoms with Crippen LogP contribution in [0.3, 0.4) is 0 Å². The smallest absolute Gasteiger partial charge is 0.268 e. The maximum atomic E-state index is 12.5. The fraction of sp³-hybridized carbons (Fsp3) is 0.263. The van der Waals surface area contributed by atoms with Crippen molar-refractivity contribution in [2.45, 2.75) is 31.6 Å². The fourth-order valence-corrected chi connectivity index (χ4v) is 4.08. The first-order valence-electron chi connectivity index (χ1n) is 8.15. The lowest BCUT2D eigenvalue weighted by Crippen LogP contribution is -2.32. The predicted octanol–water partition coefficient (Wildman–Crippen LogP) is 2.70. The lowest BCUT2D eigenvalue weighted by atomic mass is 9.97. The van der Waals surface area contributed by atoms with Crippen molar-refractivity contribution in [3.05, 3.63) is 64.7 Å². The molecule has 1 aliphatic heterocycles. The molecule has 0 fully saturated rings. The van der Waals surface area contributed by atoms with Gasteiger partial charge in [-0.1, -0.05) is 37.3 Å². The molecule has 1 heterocycles. The van der Waals surface area contributed by atoms with Crippen molar-refractivity contribution >= 4 is 15.9 Å². The van der Waals surface area contributed by atoms with Crippen LogP contribution in [0.4, 0.5) is 0 Å². The zero-order valence-corrected chi connectivity index (χ0v) is 15.2. The lowest BCUT2D eigenvalue weighted by molar-refractivity contribution is 0.0976. The second kappa shape index (κ2) is 6.81. The first-order valence-corrected chi connectivity index (χ1v) is 9.80. The number of benzene rings is 2. The number of sulfonamides is 1. The van der Waals surface area contributed by atoms with Gasteiger partial charge in [0.05, 0.1) is 22.9 Å². The Balaban J connectivity index is 1.84. The molecule has 2 aromatic carbocycles. The van der Waals surface area contributed by atoms with E-state index in [4.69, 9.17) is 10.00 Å². The highest BCUT2D eigenvalue weighted by atomic mass is 32.2. The van der Waals surface area contributed by atoms with Crippen LogP contribution in [0.25, 0.3) is 0 Å². The van der Waals surface area contributed by atoms with E-state index in [2.05, 4.69) is 4.72 Å². The van der Waals surface area contributed by atoms with Crippen LogP contribution in [-0.2, 0) is 15.8 Å². The van der Waals surface area contributed by atoms with Crippen molar-refractivity contribution in [2.24, 2.45) is 0 Å². The fourth-order valence-electron chi connectivity index (χ4n) is 2.96. The summed E-state index contributed by atoms with van der Waals surface area (Å²) in [6.45, 7) is 3.90. The second-order valence-electron chi connectivity index (χ2n) is 6.29. The number of fused-ring (bicyclic) bond motifs is 1. The van der Waals surface area contributed by atoms with Gasteiger partial charge < -0.3 is 4.74 Å². The molecule has 1 N–H and O–H groups in total. The Morgan fingerprint density at radius 2 is 1.92 bits per heavy atom. The van der Waals surface area contributed by atoms with E-state index in [1.807, 2.05) is 26.0 Å². The van der Waals surface area contributed by atoms with Crippen LogP contribution in [0.5, 0.6) is 5.75 Å². The van der Waals surface area contributed by atoms with Crippen molar-refractivity contribution in [1.29, 1.82) is 5.26 Å².